The van der Waals surface area contributed by atoms with E-state index in [-0.39, 0.29) is 58.2 Å². The Bertz CT molecular complexity index is 946. The number of aliphatic hydroxyl groups is 3. The molecule has 176 valence electrons. The van der Waals surface area contributed by atoms with Crippen LogP contribution in [-0.2, 0) is 0 Å². The molecule has 2 aromatic rings. The SMILES string of the molecule is C[C@@H](SCCO)c1c(O)cc2c(c1O)[C@H](SCCO)[C@@H](O)[C@@H](c1cc(O)c(O)c(O)c1)O2. The third-order valence-corrected chi connectivity index (χ3v) is 7.60. The molecule has 9 nitrogen and oxygen atoms in total. The Morgan fingerprint density at radius 3 is 2.12 bits per heavy atom. The largest absolute Gasteiger partial charge is 0.507 e. The summed E-state index contributed by atoms with van der Waals surface area (Å²) in [6, 6.07) is 3.61. The van der Waals surface area contributed by atoms with Crippen molar-refractivity contribution in [2.24, 2.45) is 0 Å². The van der Waals surface area contributed by atoms with Gasteiger partial charge in [-0.25, -0.2) is 0 Å². The summed E-state index contributed by atoms with van der Waals surface area (Å²) < 4.78 is 5.87. The molecule has 1 aliphatic rings. The van der Waals surface area contributed by atoms with Gasteiger partial charge in [0.2, 0.25) is 0 Å². The van der Waals surface area contributed by atoms with Crippen LogP contribution in [-0.4, -0.2) is 71.7 Å². The number of phenolic OH excluding ortho intramolecular Hbond substituents is 5. The molecule has 32 heavy (non-hydrogen) atoms. The zero-order valence-corrected chi connectivity index (χ0v) is 18.8. The number of hydrogen-bond acceptors (Lipinski definition) is 11. The maximum atomic E-state index is 11.1. The number of hydrogen-bond donors (Lipinski definition) is 8. The second kappa shape index (κ2) is 10.2. The lowest BCUT2D eigenvalue weighted by Gasteiger charge is -2.38. The topological polar surface area (TPSA) is 171 Å². The molecule has 0 amide bonds. The van der Waals surface area contributed by atoms with E-state index in [1.165, 1.54) is 29.6 Å². The first kappa shape index (κ1) is 24.5. The lowest BCUT2D eigenvalue weighted by molar-refractivity contribution is 0.0172. The van der Waals surface area contributed by atoms with Gasteiger partial charge in [0.25, 0.3) is 0 Å². The predicted molar refractivity (Wildman–Crippen MR) is 121 cm³/mol. The lowest BCUT2D eigenvalue weighted by atomic mass is 9.91. The zero-order valence-electron chi connectivity index (χ0n) is 17.2. The molecule has 11 heteroatoms. The number of thioether (sulfide) groups is 2. The zero-order chi connectivity index (χ0) is 23.6. The van der Waals surface area contributed by atoms with E-state index in [1.54, 1.807) is 6.92 Å². The quantitative estimate of drug-likeness (QED) is 0.257. The number of aliphatic hydroxyl groups excluding tert-OH is 3. The summed E-state index contributed by atoms with van der Waals surface area (Å²) in [5.74, 6) is -1.65. The van der Waals surface area contributed by atoms with Crippen molar-refractivity contribution in [3.8, 4) is 34.5 Å². The summed E-state index contributed by atoms with van der Waals surface area (Å²) in [5, 5.41) is 79.4. The minimum atomic E-state index is -1.27. The Morgan fingerprint density at radius 2 is 1.53 bits per heavy atom. The summed E-state index contributed by atoms with van der Waals surface area (Å²) in [7, 11) is 0. The summed E-state index contributed by atoms with van der Waals surface area (Å²) in [5.41, 5.74) is 0.662. The standard InChI is InChI=1S/C21H26O9S2/c1-9(31-4-2-22)15-11(24)8-14-16(18(15)28)21(32-5-3-23)19(29)20(30-14)10-6-12(25)17(27)13(26)7-10/h6-9,19-29H,2-5H2,1H3/t9-,19+,20-,21+/m1/s1. The second-order valence-corrected chi connectivity index (χ2v) is 9.96. The first-order valence-electron chi connectivity index (χ1n) is 9.84. The molecule has 0 bridgehead atoms. The van der Waals surface area contributed by atoms with E-state index in [9.17, 15) is 35.7 Å². The first-order valence-corrected chi connectivity index (χ1v) is 11.9. The van der Waals surface area contributed by atoms with Gasteiger partial charge < -0.3 is 45.6 Å². The van der Waals surface area contributed by atoms with Crippen molar-refractivity contribution in [2.45, 2.75) is 29.6 Å². The highest BCUT2D eigenvalue weighted by molar-refractivity contribution is 7.99. The van der Waals surface area contributed by atoms with Gasteiger partial charge in [-0.3, -0.25) is 0 Å². The van der Waals surface area contributed by atoms with E-state index in [2.05, 4.69) is 0 Å². The van der Waals surface area contributed by atoms with Crippen LogP contribution >= 0.6 is 23.5 Å². The predicted octanol–water partition coefficient (Wildman–Crippen LogP) is 2.26. The van der Waals surface area contributed by atoms with Crippen molar-refractivity contribution < 1.29 is 45.6 Å². The van der Waals surface area contributed by atoms with Crippen molar-refractivity contribution in [1.82, 2.24) is 0 Å². The molecule has 0 radical (unpaired) electrons. The average molecular weight is 487 g/mol. The van der Waals surface area contributed by atoms with Crippen molar-refractivity contribution in [3.63, 3.8) is 0 Å². The second-order valence-electron chi connectivity index (χ2n) is 7.26. The molecule has 1 heterocycles. The van der Waals surface area contributed by atoms with Crippen LogP contribution in [0.25, 0.3) is 0 Å². The van der Waals surface area contributed by atoms with E-state index in [1.807, 2.05) is 0 Å². The smallest absolute Gasteiger partial charge is 0.200 e. The molecule has 0 aliphatic carbocycles. The number of ether oxygens (including phenoxy) is 1. The molecule has 0 fully saturated rings. The number of aromatic hydroxyl groups is 5. The van der Waals surface area contributed by atoms with Gasteiger partial charge >= 0.3 is 0 Å². The van der Waals surface area contributed by atoms with Gasteiger partial charge in [0.05, 0.1) is 24.0 Å². The fraction of sp³-hybridized carbons (Fsp3) is 0.429. The summed E-state index contributed by atoms with van der Waals surface area (Å²) in [4.78, 5) is 0. The molecular formula is C21H26O9S2. The van der Waals surface area contributed by atoms with Crippen LogP contribution in [0.2, 0.25) is 0 Å². The van der Waals surface area contributed by atoms with Crippen LogP contribution in [0.3, 0.4) is 0 Å². The number of rotatable bonds is 8. The molecule has 0 spiro atoms. The maximum Gasteiger partial charge on any atom is 0.200 e. The molecular weight excluding hydrogens is 460 g/mol. The minimum Gasteiger partial charge on any atom is -0.507 e. The van der Waals surface area contributed by atoms with Crippen molar-refractivity contribution >= 4 is 23.5 Å². The van der Waals surface area contributed by atoms with Crippen molar-refractivity contribution in [2.75, 3.05) is 24.7 Å². The van der Waals surface area contributed by atoms with E-state index in [0.29, 0.717) is 5.75 Å². The Kier molecular flexibility index (Phi) is 7.78. The maximum absolute atomic E-state index is 11.1. The van der Waals surface area contributed by atoms with Gasteiger partial charge in [-0.15, -0.1) is 11.8 Å². The van der Waals surface area contributed by atoms with Gasteiger partial charge in [-0.1, -0.05) is 0 Å². The van der Waals surface area contributed by atoms with Gasteiger partial charge in [0.15, 0.2) is 23.4 Å². The third-order valence-electron chi connectivity index (χ3n) is 5.15. The fourth-order valence-electron chi connectivity index (χ4n) is 3.70. The highest BCUT2D eigenvalue weighted by Crippen LogP contribution is 2.56. The van der Waals surface area contributed by atoms with Crippen LogP contribution in [0.4, 0.5) is 0 Å². The highest BCUT2D eigenvalue weighted by atomic mass is 32.2. The number of phenols is 5. The van der Waals surface area contributed by atoms with Gasteiger partial charge in [0.1, 0.15) is 23.4 Å². The van der Waals surface area contributed by atoms with E-state index in [4.69, 9.17) is 9.84 Å². The number of benzene rings is 2. The van der Waals surface area contributed by atoms with Crippen molar-refractivity contribution in [1.29, 1.82) is 0 Å². The van der Waals surface area contributed by atoms with Crippen LogP contribution in [0.15, 0.2) is 18.2 Å². The Balaban J connectivity index is 2.10. The average Bonchev–Trinajstić information content (AvgIpc) is 2.74. The molecule has 1 aliphatic heterocycles. The minimum absolute atomic E-state index is 0.0632. The molecule has 0 unspecified atom stereocenters. The highest BCUT2D eigenvalue weighted by Gasteiger charge is 2.42. The van der Waals surface area contributed by atoms with Gasteiger partial charge in [-0.05, 0) is 19.1 Å². The third kappa shape index (κ3) is 4.62. The Hall–Kier alpha value is -2.18. The Morgan fingerprint density at radius 1 is 0.906 bits per heavy atom. The normalized spacial score (nSPS) is 21.1. The molecule has 4 atom stereocenters. The van der Waals surface area contributed by atoms with E-state index < -0.39 is 34.7 Å². The van der Waals surface area contributed by atoms with Crippen molar-refractivity contribution in [3.05, 3.63) is 34.9 Å². The van der Waals surface area contributed by atoms with Crippen LogP contribution in [0.1, 0.15) is 40.2 Å². The van der Waals surface area contributed by atoms with Crippen LogP contribution in [0, 0.1) is 0 Å². The fourth-order valence-corrected chi connectivity index (χ4v) is 5.65. The van der Waals surface area contributed by atoms with E-state index in [0.717, 1.165) is 12.1 Å². The van der Waals surface area contributed by atoms with E-state index >= 15 is 0 Å². The van der Waals surface area contributed by atoms with Crippen LogP contribution < -0.4 is 4.74 Å². The molecule has 8 N–H and O–H groups in total. The summed E-state index contributed by atoms with van der Waals surface area (Å²) in [6.07, 6.45) is -2.38. The Labute approximate surface area is 192 Å². The molecule has 0 aromatic heterocycles. The van der Waals surface area contributed by atoms with Crippen LogP contribution in [0.5, 0.6) is 34.5 Å². The van der Waals surface area contributed by atoms with Gasteiger partial charge in [-0.2, -0.15) is 11.8 Å². The first-order chi connectivity index (χ1) is 15.2. The molecule has 2 aromatic carbocycles. The molecule has 0 saturated heterocycles. The molecule has 0 saturated carbocycles. The van der Waals surface area contributed by atoms with Gasteiger partial charge in [0, 0.05) is 33.9 Å². The summed E-state index contributed by atoms with van der Waals surface area (Å²) >= 11 is 2.50. The summed E-state index contributed by atoms with van der Waals surface area (Å²) in [6.45, 7) is 1.53. The number of fused-ring (bicyclic) bond motifs is 1. The lowest BCUT2D eigenvalue weighted by Crippen LogP contribution is -2.33. The molecule has 3 rings (SSSR count). The monoisotopic (exact) mass is 486 g/mol.